The summed E-state index contributed by atoms with van der Waals surface area (Å²) < 4.78 is 44.0. The van der Waals surface area contributed by atoms with Gasteiger partial charge in [0.05, 0.1) is 24.6 Å². The molecule has 1 atom stereocenters. The number of benzene rings is 2. The van der Waals surface area contributed by atoms with Crippen LogP contribution < -0.4 is 5.32 Å². The van der Waals surface area contributed by atoms with Gasteiger partial charge in [0.15, 0.2) is 0 Å². The summed E-state index contributed by atoms with van der Waals surface area (Å²) in [5, 5.41) is 3.56. The second-order valence-electron chi connectivity index (χ2n) is 8.10. The van der Waals surface area contributed by atoms with Crippen LogP contribution in [0.4, 0.5) is 18.9 Å². The van der Waals surface area contributed by atoms with E-state index < -0.39 is 11.7 Å². The molecule has 0 aliphatic heterocycles. The summed E-state index contributed by atoms with van der Waals surface area (Å²) in [6.45, 7) is 2.03. The number of aromatic nitrogens is 1. The van der Waals surface area contributed by atoms with Gasteiger partial charge in [0.1, 0.15) is 0 Å². The molecule has 0 saturated heterocycles. The van der Waals surface area contributed by atoms with Gasteiger partial charge in [0, 0.05) is 17.6 Å². The molecule has 0 radical (unpaired) electrons. The first kappa shape index (κ1) is 22.8. The zero-order chi connectivity index (χ0) is 23.4. The van der Waals surface area contributed by atoms with E-state index in [-0.39, 0.29) is 25.0 Å². The lowest BCUT2D eigenvalue weighted by atomic mass is 9.91. The van der Waals surface area contributed by atoms with Crippen molar-refractivity contribution in [2.24, 2.45) is 0 Å². The van der Waals surface area contributed by atoms with Crippen molar-refractivity contribution in [3.8, 4) is 11.1 Å². The van der Waals surface area contributed by atoms with E-state index in [0.29, 0.717) is 5.56 Å². The van der Waals surface area contributed by atoms with Gasteiger partial charge in [-0.15, -0.1) is 0 Å². The number of rotatable bonds is 6. The predicted octanol–water partition coefficient (Wildman–Crippen LogP) is 6.36. The van der Waals surface area contributed by atoms with Crippen molar-refractivity contribution in [3.05, 3.63) is 83.2 Å². The maximum absolute atomic E-state index is 13.0. The Morgan fingerprint density at radius 1 is 1.12 bits per heavy atom. The molecule has 0 spiro atoms. The summed E-state index contributed by atoms with van der Waals surface area (Å²) in [5.74, 6) is -0.347. The Morgan fingerprint density at radius 3 is 2.64 bits per heavy atom. The van der Waals surface area contributed by atoms with E-state index in [1.807, 2.05) is 24.3 Å². The summed E-state index contributed by atoms with van der Waals surface area (Å²) in [4.78, 5) is 16.6. The normalized spacial score (nSPS) is 15.6. The van der Waals surface area contributed by atoms with Crippen LogP contribution in [0.3, 0.4) is 0 Å². The number of anilines is 1. The first-order valence-electron chi connectivity index (χ1n) is 11.0. The van der Waals surface area contributed by atoms with Gasteiger partial charge in [0.25, 0.3) is 0 Å². The monoisotopic (exact) mass is 454 g/mol. The van der Waals surface area contributed by atoms with Crippen molar-refractivity contribution < 1.29 is 22.7 Å². The molecule has 0 amide bonds. The molecule has 0 bridgehead atoms. The molecule has 1 aromatic heterocycles. The minimum absolute atomic E-state index is 0.0701. The Hall–Kier alpha value is -3.35. The molecule has 2 aromatic carbocycles. The van der Waals surface area contributed by atoms with Crippen molar-refractivity contribution >= 4 is 11.7 Å². The van der Waals surface area contributed by atoms with Crippen LogP contribution in [0.5, 0.6) is 0 Å². The number of fused-ring (bicyclic) bond motifs is 1. The number of pyridine rings is 1. The summed E-state index contributed by atoms with van der Waals surface area (Å²) >= 11 is 0. The Balaban J connectivity index is 1.67. The van der Waals surface area contributed by atoms with Gasteiger partial charge in [-0.05, 0) is 78.8 Å². The molecule has 0 fully saturated rings. The highest BCUT2D eigenvalue weighted by molar-refractivity contribution is 5.76. The number of aryl methyl sites for hydroxylation is 1. The molecular formula is C26H25F3N2O2. The number of carbonyl (C=O) groups is 1. The largest absolute Gasteiger partial charge is 0.466 e. The third-order valence-electron chi connectivity index (χ3n) is 5.74. The molecule has 1 N–H and O–H groups in total. The number of ether oxygens (including phenoxy) is 1. The molecule has 1 unspecified atom stereocenters. The molecule has 0 saturated carbocycles. The van der Waals surface area contributed by atoms with Gasteiger partial charge < -0.3 is 10.1 Å². The Bertz CT molecular complexity index is 1130. The van der Waals surface area contributed by atoms with E-state index in [2.05, 4.69) is 16.4 Å². The van der Waals surface area contributed by atoms with Gasteiger partial charge >= 0.3 is 12.1 Å². The average molecular weight is 454 g/mol. The zero-order valence-corrected chi connectivity index (χ0v) is 18.3. The summed E-state index contributed by atoms with van der Waals surface area (Å²) in [6, 6.07) is 14.7. The number of hydrogen-bond donors (Lipinski definition) is 1. The van der Waals surface area contributed by atoms with Crippen LogP contribution in [0.25, 0.3) is 11.1 Å². The minimum atomic E-state index is -4.39. The van der Waals surface area contributed by atoms with Gasteiger partial charge in [-0.3, -0.25) is 9.78 Å². The van der Waals surface area contributed by atoms with Crippen molar-refractivity contribution in [2.75, 3.05) is 11.9 Å². The second-order valence-corrected chi connectivity index (χ2v) is 8.10. The van der Waals surface area contributed by atoms with E-state index >= 15 is 0 Å². The number of nitrogens with one attached hydrogen (secondary N) is 1. The van der Waals surface area contributed by atoms with Crippen LogP contribution >= 0.6 is 0 Å². The molecule has 1 aliphatic carbocycles. The molecule has 33 heavy (non-hydrogen) atoms. The highest BCUT2D eigenvalue weighted by atomic mass is 19.4. The maximum atomic E-state index is 13.0. The number of alkyl halides is 3. The third-order valence-corrected chi connectivity index (χ3v) is 5.74. The van der Waals surface area contributed by atoms with Crippen LogP contribution in [-0.4, -0.2) is 17.6 Å². The summed E-state index contributed by atoms with van der Waals surface area (Å²) in [6.07, 6.45) is 0.379. The fourth-order valence-electron chi connectivity index (χ4n) is 4.23. The van der Waals surface area contributed by atoms with Crippen LogP contribution in [0, 0.1) is 0 Å². The molecule has 7 heteroatoms. The minimum Gasteiger partial charge on any atom is -0.466 e. The smallest absolute Gasteiger partial charge is 0.416 e. The fourth-order valence-corrected chi connectivity index (χ4v) is 4.23. The lowest BCUT2D eigenvalue weighted by Gasteiger charge is -2.27. The van der Waals surface area contributed by atoms with Crippen molar-refractivity contribution in [3.63, 3.8) is 0 Å². The molecule has 172 valence electrons. The highest BCUT2D eigenvalue weighted by Gasteiger charge is 2.30. The van der Waals surface area contributed by atoms with E-state index in [1.54, 1.807) is 13.1 Å². The lowest BCUT2D eigenvalue weighted by molar-refractivity contribution is -0.142. The molecule has 1 aliphatic rings. The number of esters is 1. The van der Waals surface area contributed by atoms with Gasteiger partial charge in [-0.25, -0.2) is 0 Å². The van der Waals surface area contributed by atoms with E-state index in [9.17, 15) is 18.0 Å². The van der Waals surface area contributed by atoms with Gasteiger partial charge in [-0.2, -0.15) is 13.2 Å². The van der Waals surface area contributed by atoms with Gasteiger partial charge in [0.2, 0.25) is 0 Å². The number of hydrogen-bond acceptors (Lipinski definition) is 4. The van der Waals surface area contributed by atoms with Crippen molar-refractivity contribution in [2.45, 2.75) is 44.8 Å². The molecule has 3 aromatic rings. The predicted molar refractivity (Wildman–Crippen MR) is 121 cm³/mol. The third kappa shape index (κ3) is 5.53. The lowest BCUT2D eigenvalue weighted by Crippen LogP contribution is -2.18. The quantitative estimate of drug-likeness (QED) is 0.440. The number of nitrogens with zero attached hydrogens (tertiary/aromatic N) is 1. The number of carbonyl (C=O) groups excluding carboxylic acids is 1. The maximum Gasteiger partial charge on any atom is 0.416 e. The Kier molecular flexibility index (Phi) is 6.67. The van der Waals surface area contributed by atoms with E-state index in [0.717, 1.165) is 59.5 Å². The molecular weight excluding hydrogens is 429 g/mol. The molecule has 4 rings (SSSR count). The van der Waals surface area contributed by atoms with Crippen molar-refractivity contribution in [1.29, 1.82) is 0 Å². The Labute approximate surface area is 190 Å². The van der Waals surface area contributed by atoms with Crippen LogP contribution in [0.15, 0.2) is 60.8 Å². The van der Waals surface area contributed by atoms with E-state index in [4.69, 9.17) is 4.74 Å². The van der Waals surface area contributed by atoms with Crippen LogP contribution in [0.2, 0.25) is 0 Å². The van der Waals surface area contributed by atoms with E-state index in [1.165, 1.54) is 12.1 Å². The fraction of sp³-hybridized carbons (Fsp3) is 0.308. The number of halogens is 3. The molecule has 1 heterocycles. The topological polar surface area (TPSA) is 51.2 Å². The summed E-state index contributed by atoms with van der Waals surface area (Å²) in [7, 11) is 0. The van der Waals surface area contributed by atoms with Crippen LogP contribution in [-0.2, 0) is 28.5 Å². The Morgan fingerprint density at radius 2 is 1.91 bits per heavy atom. The van der Waals surface area contributed by atoms with Gasteiger partial charge in [-0.1, -0.05) is 24.3 Å². The van der Waals surface area contributed by atoms with Crippen molar-refractivity contribution in [1.82, 2.24) is 4.98 Å². The average Bonchev–Trinajstić information content (AvgIpc) is 2.79. The standard InChI is InChI=1S/C26H25F3N2O2/c1-2-33-25(32)15-17-13-19(18-8-10-20(11-9-18)26(27,28)29)16-21(14-17)31-24-7-3-6-23-22(24)5-4-12-30-23/h4-5,8-14,16,24,31H,2-3,6-7,15H2,1H3. The highest BCUT2D eigenvalue weighted by Crippen LogP contribution is 2.35. The first-order valence-corrected chi connectivity index (χ1v) is 11.0. The second kappa shape index (κ2) is 9.65. The zero-order valence-electron chi connectivity index (χ0n) is 18.3. The SMILES string of the molecule is CCOC(=O)Cc1cc(NC2CCCc3ncccc32)cc(-c2ccc(C(F)(F)F)cc2)c1. The van der Waals surface area contributed by atoms with Crippen LogP contribution in [0.1, 0.15) is 48.2 Å². The summed E-state index contributed by atoms with van der Waals surface area (Å²) in [5.41, 5.74) is 4.43. The first-order chi connectivity index (χ1) is 15.8. The molecule has 4 nitrogen and oxygen atoms in total.